The Labute approximate surface area is 169 Å². The van der Waals surface area contributed by atoms with Crippen molar-refractivity contribution in [1.82, 2.24) is 0 Å². The molecule has 2 aromatic rings. The van der Waals surface area contributed by atoms with Crippen molar-refractivity contribution in [2.24, 2.45) is 0 Å². The summed E-state index contributed by atoms with van der Waals surface area (Å²) in [6.45, 7) is 3.53. The normalized spacial score (nSPS) is 18.0. The van der Waals surface area contributed by atoms with E-state index in [1.165, 1.54) is 16.2 Å². The van der Waals surface area contributed by atoms with Crippen LogP contribution in [-0.4, -0.2) is 44.4 Å². The molecule has 0 bridgehead atoms. The molecule has 1 atom stereocenters. The number of rotatable bonds is 6. The molecule has 1 aliphatic rings. The number of ether oxygens (including phenoxy) is 1. The summed E-state index contributed by atoms with van der Waals surface area (Å²) in [6, 6.07) is 10.2. The average Bonchev–Trinajstić information content (AvgIpc) is 3.22. The smallest absolute Gasteiger partial charge is 0.348 e. The van der Waals surface area contributed by atoms with Gasteiger partial charge in [-0.15, -0.1) is 11.3 Å². The number of hydrogen-bond acceptors (Lipinski definition) is 6. The Balaban J connectivity index is 1.73. The van der Waals surface area contributed by atoms with Crippen molar-refractivity contribution in [3.05, 3.63) is 51.7 Å². The van der Waals surface area contributed by atoms with Crippen molar-refractivity contribution in [3.63, 3.8) is 0 Å². The number of para-hydroxylation sites is 1. The van der Waals surface area contributed by atoms with E-state index in [0.717, 1.165) is 16.9 Å². The predicted octanol–water partition coefficient (Wildman–Crippen LogP) is 3.00. The summed E-state index contributed by atoms with van der Waals surface area (Å²) in [5.74, 6) is -0.979. The van der Waals surface area contributed by atoms with Crippen LogP contribution in [0.3, 0.4) is 0 Å². The summed E-state index contributed by atoms with van der Waals surface area (Å²) < 4.78 is 29.0. The second-order valence-corrected chi connectivity index (χ2v) is 10.2. The summed E-state index contributed by atoms with van der Waals surface area (Å²) in [4.78, 5) is 28.2. The van der Waals surface area contributed by atoms with Gasteiger partial charge in [-0.2, -0.15) is 0 Å². The number of carbonyl (C=O) groups is 2. The molecule has 0 unspecified atom stereocenters. The molecule has 1 aromatic carbocycles. The van der Waals surface area contributed by atoms with Crippen LogP contribution in [0, 0.1) is 6.92 Å². The quantitative estimate of drug-likeness (QED) is 0.670. The number of amides is 1. The zero-order valence-corrected chi connectivity index (χ0v) is 17.5. The van der Waals surface area contributed by atoms with Gasteiger partial charge in [-0.3, -0.25) is 4.79 Å². The summed E-state index contributed by atoms with van der Waals surface area (Å²) in [5, 5.41) is 0. The largest absolute Gasteiger partial charge is 0.451 e. The van der Waals surface area contributed by atoms with Crippen molar-refractivity contribution >= 4 is 38.7 Å². The van der Waals surface area contributed by atoms with Crippen molar-refractivity contribution in [2.45, 2.75) is 32.7 Å². The Hall–Kier alpha value is -2.19. The zero-order chi connectivity index (χ0) is 20.3. The Morgan fingerprint density at radius 1 is 1.25 bits per heavy atom. The first kappa shape index (κ1) is 20.5. The average molecular weight is 422 g/mol. The van der Waals surface area contributed by atoms with E-state index in [0.29, 0.717) is 17.0 Å². The van der Waals surface area contributed by atoms with Crippen LogP contribution >= 0.6 is 11.3 Å². The van der Waals surface area contributed by atoms with Crippen LogP contribution in [0.2, 0.25) is 0 Å². The summed E-state index contributed by atoms with van der Waals surface area (Å²) in [6.07, 6.45) is 1.21. The van der Waals surface area contributed by atoms with E-state index in [1.54, 1.807) is 30.3 Å². The molecule has 2 heterocycles. The third-order valence-corrected chi connectivity index (χ3v) is 7.86. The molecule has 1 saturated heterocycles. The van der Waals surface area contributed by atoms with Crippen LogP contribution < -0.4 is 4.90 Å². The maximum atomic E-state index is 12.9. The minimum Gasteiger partial charge on any atom is -0.451 e. The lowest BCUT2D eigenvalue weighted by molar-refractivity contribution is -0.122. The molecule has 0 saturated carbocycles. The first-order valence-corrected chi connectivity index (χ1v) is 11.8. The van der Waals surface area contributed by atoms with E-state index in [-0.39, 0.29) is 11.5 Å². The predicted molar refractivity (Wildman–Crippen MR) is 110 cm³/mol. The topological polar surface area (TPSA) is 80.8 Å². The van der Waals surface area contributed by atoms with Crippen molar-refractivity contribution in [3.8, 4) is 0 Å². The first-order chi connectivity index (χ1) is 13.3. The van der Waals surface area contributed by atoms with Gasteiger partial charge in [-0.25, -0.2) is 13.2 Å². The second-order valence-electron chi connectivity index (χ2n) is 6.80. The van der Waals surface area contributed by atoms with Crippen LogP contribution in [0.4, 0.5) is 5.69 Å². The van der Waals surface area contributed by atoms with Gasteiger partial charge in [0, 0.05) is 10.6 Å². The Kier molecular flexibility index (Phi) is 6.20. The molecule has 0 radical (unpaired) electrons. The molecule has 6 nitrogen and oxygen atoms in total. The Morgan fingerprint density at radius 2 is 1.96 bits per heavy atom. The van der Waals surface area contributed by atoms with E-state index in [2.05, 4.69) is 0 Å². The lowest BCUT2D eigenvalue weighted by Crippen LogP contribution is -2.43. The highest BCUT2D eigenvalue weighted by Gasteiger charge is 2.35. The maximum absolute atomic E-state index is 12.9. The number of anilines is 1. The maximum Gasteiger partial charge on any atom is 0.348 e. The fourth-order valence-electron chi connectivity index (χ4n) is 3.37. The van der Waals surface area contributed by atoms with Crippen LogP contribution in [0.25, 0.3) is 0 Å². The van der Waals surface area contributed by atoms with Crippen molar-refractivity contribution < 1.29 is 22.7 Å². The van der Waals surface area contributed by atoms with Gasteiger partial charge >= 0.3 is 5.97 Å². The van der Waals surface area contributed by atoms with Crippen LogP contribution in [0.1, 0.15) is 33.5 Å². The Bertz CT molecular complexity index is 966. The number of carbonyl (C=O) groups excluding carboxylic acids is 2. The van der Waals surface area contributed by atoms with E-state index in [1.807, 2.05) is 19.9 Å². The van der Waals surface area contributed by atoms with Gasteiger partial charge in [0.05, 0.1) is 17.5 Å². The first-order valence-electron chi connectivity index (χ1n) is 9.14. The van der Waals surface area contributed by atoms with Gasteiger partial charge in [0.2, 0.25) is 0 Å². The molecule has 8 heteroatoms. The SMILES string of the molecule is CCc1sc(C(=O)OCC(=O)N(c2ccccc2)[C@@H]2CCS(=O)(=O)C2)cc1C. The van der Waals surface area contributed by atoms with Gasteiger partial charge in [-0.1, -0.05) is 25.1 Å². The molecule has 1 fully saturated rings. The van der Waals surface area contributed by atoms with Gasteiger partial charge in [-0.05, 0) is 43.5 Å². The number of nitrogens with zero attached hydrogens (tertiary/aromatic N) is 1. The van der Waals surface area contributed by atoms with Crippen LogP contribution in [0.15, 0.2) is 36.4 Å². The molecule has 28 heavy (non-hydrogen) atoms. The molecule has 150 valence electrons. The highest BCUT2D eigenvalue weighted by Crippen LogP contribution is 2.26. The minimum atomic E-state index is -3.16. The summed E-state index contributed by atoms with van der Waals surface area (Å²) in [5.41, 5.74) is 1.64. The lowest BCUT2D eigenvalue weighted by atomic mass is 10.2. The molecule has 0 N–H and O–H groups in total. The highest BCUT2D eigenvalue weighted by atomic mass is 32.2. The van der Waals surface area contributed by atoms with Gasteiger partial charge in [0.25, 0.3) is 5.91 Å². The van der Waals surface area contributed by atoms with Gasteiger partial charge < -0.3 is 9.64 Å². The van der Waals surface area contributed by atoms with Gasteiger partial charge in [0.15, 0.2) is 16.4 Å². The number of esters is 1. The molecule has 3 rings (SSSR count). The van der Waals surface area contributed by atoms with Crippen molar-refractivity contribution in [2.75, 3.05) is 23.0 Å². The van der Waals surface area contributed by atoms with Gasteiger partial charge in [0.1, 0.15) is 4.88 Å². The number of benzene rings is 1. The van der Waals surface area contributed by atoms with E-state index in [9.17, 15) is 18.0 Å². The molecule has 0 aliphatic carbocycles. The second kappa shape index (κ2) is 8.45. The van der Waals surface area contributed by atoms with E-state index < -0.39 is 34.4 Å². The Morgan fingerprint density at radius 3 is 2.54 bits per heavy atom. The minimum absolute atomic E-state index is 0.0579. The lowest BCUT2D eigenvalue weighted by Gasteiger charge is -2.28. The number of aryl methyl sites for hydroxylation is 2. The fourth-order valence-corrected chi connectivity index (χ4v) is 6.07. The highest BCUT2D eigenvalue weighted by molar-refractivity contribution is 7.91. The fraction of sp³-hybridized carbons (Fsp3) is 0.400. The summed E-state index contributed by atoms with van der Waals surface area (Å²) >= 11 is 1.37. The van der Waals surface area contributed by atoms with Crippen LogP contribution in [0.5, 0.6) is 0 Å². The standard InChI is InChI=1S/C20H23NO5S2/c1-3-17-14(2)11-18(27-17)20(23)26-12-19(22)21(15-7-5-4-6-8-15)16-9-10-28(24,25)13-16/h4-8,11,16H,3,9-10,12-13H2,1-2H3/t16-/m1/s1. The molecule has 1 amide bonds. The molecule has 0 spiro atoms. The molecule has 1 aromatic heterocycles. The number of sulfone groups is 1. The molecular weight excluding hydrogens is 398 g/mol. The zero-order valence-electron chi connectivity index (χ0n) is 15.9. The van der Waals surface area contributed by atoms with E-state index in [4.69, 9.17) is 4.74 Å². The number of hydrogen-bond donors (Lipinski definition) is 0. The number of thiophene rings is 1. The van der Waals surface area contributed by atoms with E-state index >= 15 is 0 Å². The van der Waals surface area contributed by atoms with Crippen molar-refractivity contribution in [1.29, 1.82) is 0 Å². The molecule has 1 aliphatic heterocycles. The third-order valence-electron chi connectivity index (χ3n) is 4.75. The van der Waals surface area contributed by atoms with Crippen LogP contribution in [-0.2, 0) is 25.8 Å². The third kappa shape index (κ3) is 4.62. The monoisotopic (exact) mass is 421 g/mol. The summed E-state index contributed by atoms with van der Waals surface area (Å²) in [7, 11) is -3.16. The molecular formula is C20H23NO5S2.